The Hall–Kier alpha value is -0.980. The highest BCUT2D eigenvalue weighted by molar-refractivity contribution is 7.09. The molecule has 2 aliphatic rings. The molecule has 1 aliphatic heterocycles. The summed E-state index contributed by atoms with van der Waals surface area (Å²) in [6.07, 6.45) is 2.22. The maximum absolute atomic E-state index is 12.4. The van der Waals surface area contributed by atoms with Gasteiger partial charge in [-0.3, -0.25) is 4.79 Å². The maximum atomic E-state index is 12.4. The van der Waals surface area contributed by atoms with Gasteiger partial charge in [0.05, 0.1) is 17.2 Å². The number of likely N-dealkylation sites (tertiary alicyclic amines) is 1. The summed E-state index contributed by atoms with van der Waals surface area (Å²) in [4.78, 5) is 18.5. The molecule has 1 spiro atoms. The number of nitrogens with zero attached hydrogens (tertiary/aromatic N) is 2. The molecule has 1 aliphatic carbocycles. The van der Waals surface area contributed by atoms with E-state index in [0.29, 0.717) is 25.4 Å². The number of carbonyl (C=O) groups excluding carboxylic acids is 1. The van der Waals surface area contributed by atoms with Crippen LogP contribution < -0.4 is 0 Å². The molecule has 1 amide bonds. The third kappa shape index (κ3) is 2.49. The summed E-state index contributed by atoms with van der Waals surface area (Å²) < 4.78 is 5.75. The minimum absolute atomic E-state index is 0.0102. The Kier molecular flexibility index (Phi) is 4.03. The highest BCUT2D eigenvalue weighted by Gasteiger charge is 2.56. The van der Waals surface area contributed by atoms with E-state index in [4.69, 9.17) is 4.74 Å². The fraction of sp³-hybridized carbons (Fsp3) is 0.733. The van der Waals surface area contributed by atoms with Crippen molar-refractivity contribution in [2.75, 3.05) is 19.7 Å². The third-order valence-corrected chi connectivity index (χ3v) is 5.70. The molecule has 0 aromatic carbocycles. The van der Waals surface area contributed by atoms with Gasteiger partial charge in [0.15, 0.2) is 0 Å². The molecule has 0 bridgehead atoms. The van der Waals surface area contributed by atoms with Gasteiger partial charge in [-0.2, -0.15) is 0 Å². The van der Waals surface area contributed by atoms with E-state index in [1.54, 1.807) is 0 Å². The van der Waals surface area contributed by atoms with E-state index in [2.05, 4.69) is 4.98 Å². The Bertz CT molecular complexity index is 521. The molecule has 0 radical (unpaired) electrons. The normalized spacial score (nSPS) is 27.7. The zero-order valence-electron chi connectivity index (χ0n) is 12.5. The van der Waals surface area contributed by atoms with Crippen LogP contribution in [0.25, 0.3) is 0 Å². The monoisotopic (exact) mass is 310 g/mol. The number of aryl methyl sites for hydroxylation is 1. The molecule has 1 saturated carbocycles. The van der Waals surface area contributed by atoms with Crippen LogP contribution >= 0.6 is 11.3 Å². The second-order valence-electron chi connectivity index (χ2n) is 5.97. The number of aliphatic hydroxyl groups is 1. The first-order valence-corrected chi connectivity index (χ1v) is 8.46. The van der Waals surface area contributed by atoms with Crippen molar-refractivity contribution in [2.45, 2.75) is 45.3 Å². The van der Waals surface area contributed by atoms with Crippen LogP contribution in [0.4, 0.5) is 0 Å². The van der Waals surface area contributed by atoms with Gasteiger partial charge in [0.25, 0.3) is 5.91 Å². The van der Waals surface area contributed by atoms with Gasteiger partial charge in [0, 0.05) is 36.9 Å². The van der Waals surface area contributed by atoms with Crippen molar-refractivity contribution in [1.82, 2.24) is 9.88 Å². The van der Waals surface area contributed by atoms with Gasteiger partial charge in [-0.25, -0.2) is 4.98 Å². The quantitative estimate of drug-likeness (QED) is 0.925. The second-order valence-corrected chi connectivity index (χ2v) is 7.03. The van der Waals surface area contributed by atoms with Gasteiger partial charge in [-0.05, 0) is 26.7 Å². The van der Waals surface area contributed by atoms with Gasteiger partial charge >= 0.3 is 0 Å². The van der Waals surface area contributed by atoms with E-state index in [-0.39, 0.29) is 23.5 Å². The number of amides is 1. The molecule has 1 aromatic heterocycles. The van der Waals surface area contributed by atoms with Crippen molar-refractivity contribution < 1.29 is 14.6 Å². The molecule has 0 unspecified atom stereocenters. The number of thiazole rings is 1. The third-order valence-electron chi connectivity index (χ3n) is 4.93. The predicted molar refractivity (Wildman–Crippen MR) is 80.5 cm³/mol. The van der Waals surface area contributed by atoms with Gasteiger partial charge in [0.2, 0.25) is 0 Å². The molecule has 2 fully saturated rings. The van der Waals surface area contributed by atoms with Gasteiger partial charge in [-0.15, -0.1) is 11.3 Å². The van der Waals surface area contributed by atoms with Crippen LogP contribution in [0.2, 0.25) is 0 Å². The average Bonchev–Trinajstić information content (AvgIpc) is 2.93. The van der Waals surface area contributed by atoms with Gasteiger partial charge < -0.3 is 14.7 Å². The number of rotatable bonds is 3. The fourth-order valence-electron chi connectivity index (χ4n) is 3.57. The van der Waals surface area contributed by atoms with Crippen molar-refractivity contribution in [2.24, 2.45) is 5.41 Å². The van der Waals surface area contributed by atoms with Gasteiger partial charge in [-0.1, -0.05) is 0 Å². The van der Waals surface area contributed by atoms with Crippen LogP contribution in [0.5, 0.6) is 0 Å². The fourth-order valence-corrected chi connectivity index (χ4v) is 4.15. The minimum atomic E-state index is -0.284. The van der Waals surface area contributed by atoms with Crippen molar-refractivity contribution in [1.29, 1.82) is 0 Å². The van der Waals surface area contributed by atoms with Crippen LogP contribution in [-0.2, 0) is 4.74 Å². The molecule has 2 heterocycles. The van der Waals surface area contributed by atoms with E-state index in [1.165, 1.54) is 11.3 Å². The Balaban J connectivity index is 1.63. The number of aliphatic hydroxyl groups excluding tert-OH is 1. The smallest absolute Gasteiger partial charge is 0.273 e. The molecule has 116 valence electrons. The minimum Gasteiger partial charge on any atom is -0.392 e. The van der Waals surface area contributed by atoms with Crippen LogP contribution in [0, 0.1) is 12.3 Å². The summed E-state index contributed by atoms with van der Waals surface area (Å²) in [5.41, 5.74) is 0.411. The van der Waals surface area contributed by atoms with E-state index in [9.17, 15) is 9.90 Å². The molecule has 3 rings (SSSR count). The molecule has 6 heteroatoms. The Morgan fingerprint density at radius 1 is 1.57 bits per heavy atom. The van der Waals surface area contributed by atoms with Crippen LogP contribution in [0.15, 0.2) is 5.38 Å². The Labute approximate surface area is 128 Å². The Morgan fingerprint density at radius 2 is 2.29 bits per heavy atom. The number of carbonyl (C=O) groups is 1. The maximum Gasteiger partial charge on any atom is 0.273 e. The first kappa shape index (κ1) is 14.9. The average molecular weight is 310 g/mol. The molecule has 1 aromatic rings. The zero-order valence-corrected chi connectivity index (χ0v) is 13.4. The summed E-state index contributed by atoms with van der Waals surface area (Å²) in [5, 5.41) is 12.9. The number of hydrogen-bond acceptors (Lipinski definition) is 5. The Morgan fingerprint density at radius 3 is 2.81 bits per heavy atom. The van der Waals surface area contributed by atoms with E-state index in [0.717, 1.165) is 24.3 Å². The van der Waals surface area contributed by atoms with E-state index < -0.39 is 0 Å². The molecule has 5 nitrogen and oxygen atoms in total. The highest BCUT2D eigenvalue weighted by Crippen LogP contribution is 2.51. The summed E-state index contributed by atoms with van der Waals surface area (Å²) in [5.74, 6) is 0.0102. The molecular weight excluding hydrogens is 288 g/mol. The van der Waals surface area contributed by atoms with Crippen molar-refractivity contribution in [3.05, 3.63) is 16.1 Å². The zero-order chi connectivity index (χ0) is 15.0. The second kappa shape index (κ2) is 5.66. The summed E-state index contributed by atoms with van der Waals surface area (Å²) in [6, 6.07) is 0. The standard InChI is InChI=1S/C15H22N2O3S/c1-3-20-13-8-12(18)15(13)4-6-17(7-5-15)14(19)11-9-21-10(2)16-11/h9,12-13,18H,3-8H2,1-2H3/t12-,13+/m1/s1. The molecule has 1 saturated heterocycles. The van der Waals surface area contributed by atoms with E-state index in [1.807, 2.05) is 24.1 Å². The molecular formula is C15H22N2O3S. The number of ether oxygens (including phenoxy) is 1. The number of aromatic nitrogens is 1. The predicted octanol–water partition coefficient (Wildman–Crippen LogP) is 1.84. The summed E-state index contributed by atoms with van der Waals surface area (Å²) in [7, 11) is 0. The lowest BCUT2D eigenvalue weighted by Crippen LogP contribution is -2.62. The lowest BCUT2D eigenvalue weighted by atomic mass is 9.58. The summed E-state index contributed by atoms with van der Waals surface area (Å²) >= 11 is 1.50. The molecule has 2 atom stereocenters. The topological polar surface area (TPSA) is 62.7 Å². The van der Waals surface area contributed by atoms with Crippen molar-refractivity contribution in [3.63, 3.8) is 0 Å². The molecule has 1 N–H and O–H groups in total. The lowest BCUT2D eigenvalue weighted by Gasteiger charge is -2.56. The first-order chi connectivity index (χ1) is 10.1. The first-order valence-electron chi connectivity index (χ1n) is 7.58. The van der Waals surface area contributed by atoms with E-state index >= 15 is 0 Å². The van der Waals surface area contributed by atoms with Gasteiger partial charge in [0.1, 0.15) is 5.69 Å². The largest absolute Gasteiger partial charge is 0.392 e. The SMILES string of the molecule is CCO[C@H]1C[C@@H](O)C12CCN(C(=O)c1csc(C)n1)CC2. The van der Waals surface area contributed by atoms with Crippen LogP contribution in [0.1, 0.15) is 41.7 Å². The number of piperidine rings is 1. The highest BCUT2D eigenvalue weighted by atomic mass is 32.1. The lowest BCUT2D eigenvalue weighted by molar-refractivity contribution is -0.207. The van der Waals surface area contributed by atoms with Crippen LogP contribution in [0.3, 0.4) is 0 Å². The van der Waals surface area contributed by atoms with Crippen molar-refractivity contribution >= 4 is 17.2 Å². The number of hydrogen-bond donors (Lipinski definition) is 1. The van der Waals surface area contributed by atoms with Crippen molar-refractivity contribution in [3.8, 4) is 0 Å². The molecule has 21 heavy (non-hydrogen) atoms. The van der Waals surface area contributed by atoms with Crippen LogP contribution in [-0.4, -0.2) is 52.8 Å². The summed E-state index contributed by atoms with van der Waals surface area (Å²) in [6.45, 7) is 5.93.